The zero-order valence-electron chi connectivity index (χ0n) is 6.99. The minimum atomic E-state index is -2.15. The summed E-state index contributed by atoms with van der Waals surface area (Å²) >= 11 is 0. The molecule has 1 aliphatic rings. The van der Waals surface area contributed by atoms with Gasteiger partial charge in [-0.2, -0.15) is 0 Å². The lowest BCUT2D eigenvalue weighted by Gasteiger charge is -2.10. The molecule has 0 aliphatic carbocycles. The molecule has 0 radical (unpaired) electrons. The Morgan fingerprint density at radius 3 is 2.83 bits per heavy atom. The van der Waals surface area contributed by atoms with Crippen LogP contribution in [0.15, 0.2) is 29.2 Å². The van der Waals surface area contributed by atoms with E-state index in [9.17, 15) is 4.21 Å². The first-order valence-electron chi connectivity index (χ1n) is 3.79. The van der Waals surface area contributed by atoms with Crippen LogP contribution in [0.3, 0.4) is 0 Å². The van der Waals surface area contributed by atoms with Crippen LogP contribution in [0, 0.1) is 0 Å². The molecule has 0 N–H and O–H groups in total. The fourth-order valence-corrected chi connectivity index (χ4v) is 2.97. The van der Waals surface area contributed by atoms with Gasteiger partial charge in [0.1, 0.15) is 0 Å². The van der Waals surface area contributed by atoms with Crippen molar-refractivity contribution in [2.75, 3.05) is 7.05 Å². The summed E-state index contributed by atoms with van der Waals surface area (Å²) in [7, 11) is -0.308. The van der Waals surface area contributed by atoms with Crippen molar-refractivity contribution in [3.63, 3.8) is 0 Å². The van der Waals surface area contributed by atoms with Gasteiger partial charge in [0.15, 0.2) is 0 Å². The highest BCUT2D eigenvalue weighted by Crippen LogP contribution is 2.27. The summed E-state index contributed by atoms with van der Waals surface area (Å²) in [6, 6.07) is 7.77. The van der Waals surface area contributed by atoms with Crippen LogP contribution in [0.25, 0.3) is 0 Å². The van der Waals surface area contributed by atoms with Crippen molar-refractivity contribution < 1.29 is 4.21 Å². The van der Waals surface area contributed by atoms with Gasteiger partial charge in [-0.25, -0.2) is 8.51 Å². The molecule has 1 heterocycles. The van der Waals surface area contributed by atoms with Crippen molar-refractivity contribution in [1.29, 1.82) is 0 Å². The molecule has 0 saturated carbocycles. The van der Waals surface area contributed by atoms with Crippen LogP contribution in [0.4, 0.5) is 0 Å². The maximum Gasteiger partial charge on any atom is 0.0562 e. The van der Waals surface area contributed by atoms with Crippen molar-refractivity contribution in [3.05, 3.63) is 29.8 Å². The van der Waals surface area contributed by atoms with Gasteiger partial charge in [0.05, 0.1) is 9.71 Å². The second-order valence-electron chi connectivity index (χ2n) is 3.03. The third-order valence-corrected chi connectivity index (χ3v) is 4.43. The zero-order valence-corrected chi connectivity index (χ0v) is 7.80. The quantitative estimate of drug-likeness (QED) is 0.549. The first kappa shape index (κ1) is 7.83. The minimum Gasteiger partial charge on any atom is -0.248 e. The number of benzene rings is 1. The summed E-state index contributed by atoms with van der Waals surface area (Å²) in [5.41, 5.74) is 1.14. The van der Waals surface area contributed by atoms with E-state index in [1.807, 2.05) is 31.3 Å². The zero-order chi connectivity index (χ0) is 8.77. The number of hydrogen-bond donors (Lipinski definition) is 0. The summed E-state index contributed by atoms with van der Waals surface area (Å²) in [6.45, 7) is 0.749. The van der Waals surface area contributed by atoms with Crippen LogP contribution >= 0.6 is 0 Å². The highest BCUT2D eigenvalue weighted by molar-refractivity contribution is 7.98. The molecule has 1 unspecified atom stereocenters. The highest BCUT2D eigenvalue weighted by Gasteiger charge is 2.25. The molecular weight excluding hydrogens is 170 g/mol. The van der Waals surface area contributed by atoms with E-state index in [2.05, 4.69) is 5.87 Å². The van der Waals surface area contributed by atoms with E-state index in [1.54, 1.807) is 4.31 Å². The van der Waals surface area contributed by atoms with E-state index in [-0.39, 0.29) is 0 Å². The van der Waals surface area contributed by atoms with Crippen LogP contribution in [0.1, 0.15) is 5.56 Å². The largest absolute Gasteiger partial charge is 0.248 e. The molecule has 1 aromatic carbocycles. The van der Waals surface area contributed by atoms with Gasteiger partial charge in [0.2, 0.25) is 0 Å². The fraction of sp³-hybridized carbons (Fsp3) is 0.222. The molecular formula is C9H11NOS. The van der Waals surface area contributed by atoms with E-state index < -0.39 is 9.71 Å². The summed E-state index contributed by atoms with van der Waals surface area (Å²) in [5, 5.41) is 0. The summed E-state index contributed by atoms with van der Waals surface area (Å²) < 4.78 is 13.8. The summed E-state index contributed by atoms with van der Waals surface area (Å²) in [6.07, 6.45) is 0. The fourth-order valence-electron chi connectivity index (χ4n) is 1.46. The molecule has 2 rings (SSSR count). The first-order chi connectivity index (χ1) is 5.62. The van der Waals surface area contributed by atoms with Crippen molar-refractivity contribution >= 4 is 15.6 Å². The summed E-state index contributed by atoms with van der Waals surface area (Å²) in [4.78, 5) is 0.896. The standard InChI is InChI=1S/C9H11NOS/c1-10-7-8-5-3-4-6-9(8)12(10,2)11/h3-6H,2,7H2,1H3. The van der Waals surface area contributed by atoms with E-state index in [4.69, 9.17) is 0 Å². The Kier molecular flexibility index (Phi) is 1.53. The Morgan fingerprint density at radius 1 is 1.50 bits per heavy atom. The van der Waals surface area contributed by atoms with E-state index in [1.165, 1.54) is 0 Å². The smallest absolute Gasteiger partial charge is 0.0562 e. The predicted octanol–water partition coefficient (Wildman–Crippen LogP) is 1.12. The van der Waals surface area contributed by atoms with Crippen LogP contribution in [0.5, 0.6) is 0 Å². The average molecular weight is 181 g/mol. The van der Waals surface area contributed by atoms with E-state index in [0.717, 1.165) is 17.0 Å². The summed E-state index contributed by atoms with van der Waals surface area (Å²) in [5.74, 6) is 3.75. The van der Waals surface area contributed by atoms with E-state index >= 15 is 0 Å². The second kappa shape index (κ2) is 2.34. The van der Waals surface area contributed by atoms with Crippen LogP contribution in [-0.4, -0.2) is 21.4 Å². The average Bonchev–Trinajstić information content (AvgIpc) is 2.25. The monoisotopic (exact) mass is 181 g/mol. The van der Waals surface area contributed by atoms with Gasteiger partial charge in [-0.15, -0.1) is 0 Å². The van der Waals surface area contributed by atoms with Crippen molar-refractivity contribution in [3.8, 4) is 0 Å². The lowest BCUT2D eigenvalue weighted by Crippen LogP contribution is -2.18. The highest BCUT2D eigenvalue weighted by atomic mass is 32.2. The second-order valence-corrected chi connectivity index (χ2v) is 5.38. The van der Waals surface area contributed by atoms with Crippen LogP contribution in [0.2, 0.25) is 0 Å². The van der Waals surface area contributed by atoms with Crippen molar-refractivity contribution in [1.82, 2.24) is 4.31 Å². The molecule has 3 heteroatoms. The first-order valence-corrected chi connectivity index (χ1v) is 5.47. The molecule has 1 atom stereocenters. The molecule has 1 aromatic rings. The number of nitrogens with zero attached hydrogens (tertiary/aromatic N) is 1. The molecule has 0 aromatic heterocycles. The third-order valence-electron chi connectivity index (χ3n) is 2.21. The molecule has 0 amide bonds. The Bertz CT molecular complexity index is 408. The van der Waals surface area contributed by atoms with Gasteiger partial charge in [0, 0.05) is 11.4 Å². The molecule has 0 fully saturated rings. The van der Waals surface area contributed by atoms with Crippen LogP contribution < -0.4 is 0 Å². The molecule has 64 valence electrons. The molecule has 0 saturated heterocycles. The maximum atomic E-state index is 12.0. The van der Waals surface area contributed by atoms with Crippen LogP contribution in [-0.2, 0) is 16.3 Å². The van der Waals surface area contributed by atoms with Gasteiger partial charge in [-0.3, -0.25) is 0 Å². The Labute approximate surface area is 73.0 Å². The van der Waals surface area contributed by atoms with Crippen molar-refractivity contribution in [2.45, 2.75) is 11.4 Å². The predicted molar refractivity (Wildman–Crippen MR) is 51.4 cm³/mol. The van der Waals surface area contributed by atoms with Crippen molar-refractivity contribution in [2.24, 2.45) is 0 Å². The SMILES string of the molecule is C=S1(=O)c2ccccc2CN1C. The number of fused-ring (bicyclic) bond motifs is 1. The van der Waals surface area contributed by atoms with Gasteiger partial charge in [-0.05, 0) is 24.5 Å². The number of rotatable bonds is 0. The maximum absolute atomic E-state index is 12.0. The Hall–Kier alpha value is -0.800. The molecule has 12 heavy (non-hydrogen) atoms. The molecule has 0 bridgehead atoms. The van der Waals surface area contributed by atoms with E-state index in [0.29, 0.717) is 0 Å². The van der Waals surface area contributed by atoms with Gasteiger partial charge in [0.25, 0.3) is 0 Å². The Balaban J connectivity index is 2.72. The van der Waals surface area contributed by atoms with Gasteiger partial charge < -0.3 is 0 Å². The van der Waals surface area contributed by atoms with Gasteiger partial charge in [-0.1, -0.05) is 18.2 Å². The number of hydrogen-bond acceptors (Lipinski definition) is 1. The third kappa shape index (κ3) is 0.901. The molecule has 1 aliphatic heterocycles. The topological polar surface area (TPSA) is 20.3 Å². The lowest BCUT2D eigenvalue weighted by molar-refractivity contribution is 0.539. The lowest BCUT2D eigenvalue weighted by atomic mass is 10.2. The molecule has 2 nitrogen and oxygen atoms in total. The Morgan fingerprint density at radius 2 is 2.17 bits per heavy atom. The minimum absolute atomic E-state index is 0.749. The molecule has 0 spiro atoms. The van der Waals surface area contributed by atoms with Gasteiger partial charge >= 0.3 is 0 Å². The normalized spacial score (nSPS) is 28.8.